The summed E-state index contributed by atoms with van der Waals surface area (Å²) in [5.41, 5.74) is 1.43. The molecule has 0 aliphatic carbocycles. The summed E-state index contributed by atoms with van der Waals surface area (Å²) < 4.78 is 14.0. The number of nitrogens with one attached hydrogen (secondary N) is 1. The van der Waals surface area contributed by atoms with Gasteiger partial charge < -0.3 is 10.4 Å². The molecule has 0 fully saturated rings. The molecule has 0 spiro atoms. The summed E-state index contributed by atoms with van der Waals surface area (Å²) in [5.74, 6) is -0.0126. The van der Waals surface area contributed by atoms with Crippen molar-refractivity contribution in [3.05, 3.63) is 66.2 Å². The van der Waals surface area contributed by atoms with E-state index in [0.717, 1.165) is 5.56 Å². The van der Waals surface area contributed by atoms with E-state index in [2.05, 4.69) is 15.3 Å². The summed E-state index contributed by atoms with van der Waals surface area (Å²) in [4.78, 5) is 8.16. The van der Waals surface area contributed by atoms with Gasteiger partial charge in [0, 0.05) is 0 Å². The third kappa shape index (κ3) is 2.68. The van der Waals surface area contributed by atoms with Crippen molar-refractivity contribution in [3.63, 3.8) is 0 Å². The largest absolute Gasteiger partial charge is 0.394 e. The highest BCUT2D eigenvalue weighted by Gasteiger charge is 2.14. The molecule has 5 heteroatoms. The summed E-state index contributed by atoms with van der Waals surface area (Å²) in [7, 11) is 0. The summed E-state index contributed by atoms with van der Waals surface area (Å²) in [5, 5.41) is 13.0. The molecule has 0 aliphatic heterocycles. The van der Waals surface area contributed by atoms with Crippen LogP contribution in [0.2, 0.25) is 0 Å². The van der Waals surface area contributed by atoms with Crippen molar-refractivity contribution in [3.8, 4) is 0 Å². The molecule has 106 valence electrons. The Hall–Kier alpha value is -2.53. The number of aliphatic hydroxyl groups excluding tert-OH is 1. The lowest BCUT2D eigenvalue weighted by atomic mass is 10.1. The van der Waals surface area contributed by atoms with Crippen molar-refractivity contribution >= 4 is 16.7 Å². The van der Waals surface area contributed by atoms with Crippen molar-refractivity contribution in [2.45, 2.75) is 6.04 Å². The zero-order chi connectivity index (χ0) is 14.7. The van der Waals surface area contributed by atoms with E-state index in [-0.39, 0.29) is 18.5 Å². The van der Waals surface area contributed by atoms with Gasteiger partial charge in [0.2, 0.25) is 0 Å². The molecule has 0 saturated carbocycles. The predicted octanol–water partition coefficient (Wildman–Crippen LogP) is 2.91. The van der Waals surface area contributed by atoms with Crippen molar-refractivity contribution in [1.29, 1.82) is 0 Å². The number of nitrogens with zero attached hydrogens (tertiary/aromatic N) is 2. The number of hydrogen-bond donors (Lipinski definition) is 2. The maximum absolute atomic E-state index is 14.0. The van der Waals surface area contributed by atoms with E-state index < -0.39 is 0 Å². The molecule has 21 heavy (non-hydrogen) atoms. The standard InChI is InChI=1S/C16H14FN3O/c17-12-7-4-8-13-15(12)16(19-10-18-13)20-14(9-21)11-5-2-1-3-6-11/h1-8,10,14,21H,9H2,(H,18,19,20)/t14-/m0/s1. The average molecular weight is 283 g/mol. The second-order valence-corrected chi connectivity index (χ2v) is 4.65. The Morgan fingerprint density at radius 3 is 2.62 bits per heavy atom. The molecule has 0 unspecified atom stereocenters. The van der Waals surface area contributed by atoms with E-state index in [1.807, 2.05) is 30.3 Å². The fraction of sp³-hybridized carbons (Fsp3) is 0.125. The van der Waals surface area contributed by atoms with Crippen LogP contribution in [0.15, 0.2) is 54.9 Å². The van der Waals surface area contributed by atoms with Gasteiger partial charge in [0.15, 0.2) is 0 Å². The van der Waals surface area contributed by atoms with Crippen molar-refractivity contribution < 1.29 is 9.50 Å². The molecular weight excluding hydrogens is 269 g/mol. The monoisotopic (exact) mass is 283 g/mol. The number of fused-ring (bicyclic) bond motifs is 1. The van der Waals surface area contributed by atoms with E-state index in [4.69, 9.17) is 0 Å². The summed E-state index contributed by atoms with van der Waals surface area (Å²) in [6.45, 7) is -0.121. The molecule has 0 amide bonds. The van der Waals surface area contributed by atoms with Gasteiger partial charge in [0.05, 0.1) is 23.6 Å². The molecule has 0 saturated heterocycles. The second kappa shape index (κ2) is 5.85. The van der Waals surface area contributed by atoms with Gasteiger partial charge >= 0.3 is 0 Å². The van der Waals surface area contributed by atoms with Crippen LogP contribution in [-0.2, 0) is 0 Å². The number of halogens is 1. The quantitative estimate of drug-likeness (QED) is 0.773. The van der Waals surface area contributed by atoms with E-state index >= 15 is 0 Å². The topological polar surface area (TPSA) is 58.0 Å². The van der Waals surface area contributed by atoms with Crippen LogP contribution in [-0.4, -0.2) is 21.7 Å². The lowest BCUT2D eigenvalue weighted by molar-refractivity contribution is 0.276. The van der Waals surface area contributed by atoms with Gasteiger partial charge in [-0.1, -0.05) is 36.4 Å². The van der Waals surface area contributed by atoms with Gasteiger partial charge in [-0.25, -0.2) is 14.4 Å². The highest BCUT2D eigenvalue weighted by atomic mass is 19.1. The SMILES string of the molecule is OC[C@H](Nc1ncnc2cccc(F)c12)c1ccccc1. The van der Waals surface area contributed by atoms with Crippen LogP contribution in [0.5, 0.6) is 0 Å². The number of aliphatic hydroxyl groups is 1. The average Bonchev–Trinajstić information content (AvgIpc) is 2.53. The van der Waals surface area contributed by atoms with Gasteiger partial charge in [-0.2, -0.15) is 0 Å². The molecule has 0 aliphatic rings. The normalized spacial score (nSPS) is 12.3. The maximum Gasteiger partial charge on any atom is 0.140 e. The van der Waals surface area contributed by atoms with Gasteiger partial charge in [0.25, 0.3) is 0 Å². The van der Waals surface area contributed by atoms with E-state index in [0.29, 0.717) is 16.7 Å². The van der Waals surface area contributed by atoms with Gasteiger partial charge in [-0.15, -0.1) is 0 Å². The van der Waals surface area contributed by atoms with E-state index in [9.17, 15) is 9.50 Å². The number of aromatic nitrogens is 2. The minimum atomic E-state index is -0.389. The Morgan fingerprint density at radius 1 is 1.05 bits per heavy atom. The molecule has 1 aromatic heterocycles. The van der Waals surface area contributed by atoms with Crippen LogP contribution in [0.25, 0.3) is 10.9 Å². The zero-order valence-corrected chi connectivity index (χ0v) is 11.2. The Bertz CT molecular complexity index is 744. The Morgan fingerprint density at radius 2 is 1.86 bits per heavy atom. The van der Waals surface area contributed by atoms with Gasteiger partial charge in [-0.3, -0.25) is 0 Å². The van der Waals surface area contributed by atoms with Crippen molar-refractivity contribution in [2.24, 2.45) is 0 Å². The Balaban J connectivity index is 2.01. The lowest BCUT2D eigenvalue weighted by Crippen LogP contribution is -2.16. The highest BCUT2D eigenvalue weighted by molar-refractivity contribution is 5.89. The van der Waals surface area contributed by atoms with Crippen LogP contribution < -0.4 is 5.32 Å². The Labute approximate surface area is 121 Å². The molecule has 3 rings (SSSR count). The third-order valence-corrected chi connectivity index (χ3v) is 3.31. The molecule has 0 radical (unpaired) electrons. The summed E-state index contributed by atoms with van der Waals surface area (Å²) in [6.07, 6.45) is 1.38. The number of anilines is 1. The lowest BCUT2D eigenvalue weighted by Gasteiger charge is -2.18. The molecule has 1 heterocycles. The first-order valence-electron chi connectivity index (χ1n) is 6.61. The first kappa shape index (κ1) is 13.5. The molecule has 4 nitrogen and oxygen atoms in total. The number of benzene rings is 2. The third-order valence-electron chi connectivity index (χ3n) is 3.31. The smallest absolute Gasteiger partial charge is 0.140 e. The van der Waals surface area contributed by atoms with Crippen molar-refractivity contribution in [1.82, 2.24) is 9.97 Å². The predicted molar refractivity (Wildman–Crippen MR) is 79.4 cm³/mol. The Kier molecular flexibility index (Phi) is 3.75. The number of rotatable bonds is 4. The van der Waals surface area contributed by atoms with Gasteiger partial charge in [-0.05, 0) is 17.7 Å². The second-order valence-electron chi connectivity index (χ2n) is 4.65. The van der Waals surface area contributed by atoms with Gasteiger partial charge in [0.1, 0.15) is 18.0 Å². The first-order valence-corrected chi connectivity index (χ1v) is 6.61. The fourth-order valence-electron chi connectivity index (χ4n) is 2.26. The summed E-state index contributed by atoms with van der Waals surface area (Å²) in [6, 6.07) is 13.8. The molecule has 1 atom stereocenters. The van der Waals surface area contributed by atoms with Crippen LogP contribution >= 0.6 is 0 Å². The maximum atomic E-state index is 14.0. The highest BCUT2D eigenvalue weighted by Crippen LogP contribution is 2.26. The van der Waals surface area contributed by atoms with Crippen LogP contribution in [0, 0.1) is 5.82 Å². The van der Waals surface area contributed by atoms with Crippen LogP contribution in [0.3, 0.4) is 0 Å². The minimum Gasteiger partial charge on any atom is -0.394 e. The van der Waals surface area contributed by atoms with Crippen molar-refractivity contribution in [2.75, 3.05) is 11.9 Å². The minimum absolute atomic E-state index is 0.121. The summed E-state index contributed by atoms with van der Waals surface area (Å²) >= 11 is 0. The van der Waals surface area contributed by atoms with E-state index in [1.165, 1.54) is 12.4 Å². The fourth-order valence-corrected chi connectivity index (χ4v) is 2.26. The molecule has 3 aromatic rings. The number of hydrogen-bond acceptors (Lipinski definition) is 4. The zero-order valence-electron chi connectivity index (χ0n) is 11.2. The van der Waals surface area contributed by atoms with Crippen LogP contribution in [0.4, 0.5) is 10.2 Å². The van der Waals surface area contributed by atoms with E-state index in [1.54, 1.807) is 12.1 Å². The van der Waals surface area contributed by atoms with Crippen LogP contribution in [0.1, 0.15) is 11.6 Å². The molecule has 2 N–H and O–H groups in total. The molecule has 2 aromatic carbocycles. The molecule has 0 bridgehead atoms. The molecular formula is C16H14FN3O. The first-order chi connectivity index (χ1) is 10.3.